The molecule has 24 heavy (non-hydrogen) atoms. The first-order chi connectivity index (χ1) is 11.1. The van der Waals surface area contributed by atoms with E-state index in [4.69, 9.17) is 0 Å². The predicted octanol–water partition coefficient (Wildman–Crippen LogP) is 7.06. The fourth-order valence-electron chi connectivity index (χ4n) is 3.79. The smallest absolute Gasteiger partial charge is 0.00265 e. The van der Waals surface area contributed by atoms with Crippen LogP contribution in [0.5, 0.6) is 0 Å². The summed E-state index contributed by atoms with van der Waals surface area (Å²) in [6, 6.07) is 19.9. The standard InChI is InChI=1S/C24H34/c1-19-13-11-12-16-21(19)23(5,6)17-18-24(7,22(2,3)4)20-14-9-8-10-15-20/h8-16H,17-18H2,1-7H3/t24-/m1/s1. The molecule has 0 aliphatic heterocycles. The van der Waals surface area contributed by atoms with Gasteiger partial charge in [0.05, 0.1) is 0 Å². The summed E-state index contributed by atoms with van der Waals surface area (Å²) in [4.78, 5) is 0. The molecule has 0 unspecified atom stereocenters. The van der Waals surface area contributed by atoms with Crippen LogP contribution in [0.1, 0.15) is 71.1 Å². The fourth-order valence-corrected chi connectivity index (χ4v) is 3.79. The van der Waals surface area contributed by atoms with E-state index in [1.807, 2.05) is 0 Å². The zero-order valence-corrected chi connectivity index (χ0v) is 16.6. The van der Waals surface area contributed by atoms with Crippen molar-refractivity contribution in [2.24, 2.45) is 5.41 Å². The third-order valence-corrected chi connectivity index (χ3v) is 6.19. The van der Waals surface area contributed by atoms with Crippen LogP contribution in [0.3, 0.4) is 0 Å². The van der Waals surface area contributed by atoms with Crippen molar-refractivity contribution in [3.8, 4) is 0 Å². The molecule has 0 nitrogen and oxygen atoms in total. The van der Waals surface area contributed by atoms with E-state index in [2.05, 4.69) is 103 Å². The van der Waals surface area contributed by atoms with E-state index < -0.39 is 0 Å². The third kappa shape index (κ3) is 3.74. The Balaban J connectivity index is 2.31. The summed E-state index contributed by atoms with van der Waals surface area (Å²) in [7, 11) is 0. The van der Waals surface area contributed by atoms with Gasteiger partial charge >= 0.3 is 0 Å². The van der Waals surface area contributed by atoms with Crippen molar-refractivity contribution in [3.63, 3.8) is 0 Å². The molecule has 0 spiro atoms. The van der Waals surface area contributed by atoms with E-state index in [-0.39, 0.29) is 16.2 Å². The molecular formula is C24H34. The zero-order chi connectivity index (χ0) is 18.0. The van der Waals surface area contributed by atoms with Gasteiger partial charge in [0.1, 0.15) is 0 Å². The van der Waals surface area contributed by atoms with Crippen molar-refractivity contribution in [2.75, 3.05) is 0 Å². The summed E-state index contributed by atoms with van der Waals surface area (Å²) in [6.07, 6.45) is 2.36. The Labute approximate surface area is 149 Å². The van der Waals surface area contributed by atoms with Crippen molar-refractivity contribution in [1.82, 2.24) is 0 Å². The molecule has 0 aliphatic rings. The van der Waals surface area contributed by atoms with Gasteiger partial charge in [0.25, 0.3) is 0 Å². The lowest BCUT2D eigenvalue weighted by Crippen LogP contribution is -2.38. The Morgan fingerprint density at radius 1 is 0.667 bits per heavy atom. The molecule has 1 atom stereocenters. The second kappa shape index (κ2) is 6.75. The molecule has 130 valence electrons. The van der Waals surface area contributed by atoms with Gasteiger partial charge < -0.3 is 0 Å². The highest BCUT2D eigenvalue weighted by Gasteiger charge is 2.40. The van der Waals surface area contributed by atoms with Crippen LogP contribution in [0.15, 0.2) is 54.6 Å². The first-order valence-electron chi connectivity index (χ1n) is 9.20. The van der Waals surface area contributed by atoms with Gasteiger partial charge in [-0.25, -0.2) is 0 Å². The summed E-state index contributed by atoms with van der Waals surface area (Å²) in [6.45, 7) is 16.6. The lowest BCUT2D eigenvalue weighted by molar-refractivity contribution is 0.173. The number of hydrogen-bond acceptors (Lipinski definition) is 0. The molecule has 0 bridgehead atoms. The van der Waals surface area contributed by atoms with Gasteiger partial charge in [-0.3, -0.25) is 0 Å². The topological polar surface area (TPSA) is 0 Å². The minimum absolute atomic E-state index is 0.161. The molecule has 2 aromatic carbocycles. The average molecular weight is 323 g/mol. The fraction of sp³-hybridized carbons (Fsp3) is 0.500. The summed E-state index contributed by atoms with van der Waals surface area (Å²) >= 11 is 0. The van der Waals surface area contributed by atoms with E-state index in [0.29, 0.717) is 0 Å². The zero-order valence-electron chi connectivity index (χ0n) is 16.6. The first kappa shape index (κ1) is 18.8. The van der Waals surface area contributed by atoms with Crippen molar-refractivity contribution in [1.29, 1.82) is 0 Å². The van der Waals surface area contributed by atoms with Crippen LogP contribution in [-0.2, 0) is 10.8 Å². The Kier molecular flexibility index (Phi) is 5.28. The van der Waals surface area contributed by atoms with Crippen molar-refractivity contribution < 1.29 is 0 Å². The summed E-state index contributed by atoms with van der Waals surface area (Å²) in [5.41, 5.74) is 4.91. The SMILES string of the molecule is Cc1ccccc1C(C)(C)CC[C@](C)(c1ccccc1)C(C)(C)C. The summed E-state index contributed by atoms with van der Waals surface area (Å²) in [5, 5.41) is 0. The van der Waals surface area contributed by atoms with Crippen LogP contribution in [-0.4, -0.2) is 0 Å². The molecule has 0 saturated heterocycles. The Hall–Kier alpha value is -1.56. The van der Waals surface area contributed by atoms with E-state index >= 15 is 0 Å². The maximum Gasteiger partial charge on any atom is -0.00265 e. The van der Waals surface area contributed by atoms with Gasteiger partial charge in [0, 0.05) is 0 Å². The number of rotatable bonds is 5. The Morgan fingerprint density at radius 2 is 1.21 bits per heavy atom. The van der Waals surface area contributed by atoms with Crippen LogP contribution in [0.2, 0.25) is 0 Å². The minimum Gasteiger partial charge on any atom is -0.0622 e. The molecular weight excluding hydrogens is 288 g/mol. The second-order valence-electron chi connectivity index (χ2n) is 9.15. The van der Waals surface area contributed by atoms with Gasteiger partial charge in [-0.15, -0.1) is 0 Å². The number of aryl methyl sites for hydroxylation is 1. The Morgan fingerprint density at radius 3 is 1.75 bits per heavy atom. The quantitative estimate of drug-likeness (QED) is 0.553. The summed E-state index contributed by atoms with van der Waals surface area (Å²) < 4.78 is 0. The molecule has 0 fully saturated rings. The van der Waals surface area contributed by atoms with E-state index in [1.54, 1.807) is 0 Å². The molecule has 0 radical (unpaired) electrons. The van der Waals surface area contributed by atoms with Gasteiger partial charge in [-0.1, -0.05) is 96.1 Å². The van der Waals surface area contributed by atoms with E-state index in [9.17, 15) is 0 Å². The van der Waals surface area contributed by atoms with Crippen LogP contribution in [0.25, 0.3) is 0 Å². The molecule has 0 heteroatoms. The van der Waals surface area contributed by atoms with Gasteiger partial charge in [-0.05, 0) is 52.7 Å². The third-order valence-electron chi connectivity index (χ3n) is 6.19. The normalized spacial score (nSPS) is 15.1. The largest absolute Gasteiger partial charge is 0.0622 e. The monoisotopic (exact) mass is 322 g/mol. The molecule has 0 N–H and O–H groups in total. The van der Waals surface area contributed by atoms with Crippen LogP contribution in [0, 0.1) is 12.3 Å². The molecule has 0 saturated carbocycles. The highest BCUT2D eigenvalue weighted by atomic mass is 14.4. The van der Waals surface area contributed by atoms with E-state index in [1.165, 1.54) is 29.5 Å². The summed E-state index contributed by atoms with van der Waals surface area (Å²) in [5.74, 6) is 0. The second-order valence-corrected chi connectivity index (χ2v) is 9.15. The first-order valence-corrected chi connectivity index (χ1v) is 9.20. The lowest BCUT2D eigenvalue weighted by atomic mass is 9.60. The lowest BCUT2D eigenvalue weighted by Gasteiger charge is -2.44. The maximum absolute atomic E-state index is 2.44. The van der Waals surface area contributed by atoms with Gasteiger partial charge in [0.2, 0.25) is 0 Å². The number of benzene rings is 2. The highest BCUT2D eigenvalue weighted by Crippen LogP contribution is 2.47. The van der Waals surface area contributed by atoms with Crippen LogP contribution >= 0.6 is 0 Å². The minimum atomic E-state index is 0.161. The predicted molar refractivity (Wildman–Crippen MR) is 107 cm³/mol. The number of hydrogen-bond donors (Lipinski definition) is 0. The van der Waals surface area contributed by atoms with Gasteiger partial charge in [-0.2, -0.15) is 0 Å². The highest BCUT2D eigenvalue weighted by molar-refractivity contribution is 5.33. The van der Waals surface area contributed by atoms with Crippen molar-refractivity contribution >= 4 is 0 Å². The Bertz CT molecular complexity index is 658. The molecule has 0 aliphatic carbocycles. The maximum atomic E-state index is 2.44. The molecule has 0 aromatic heterocycles. The molecule has 0 heterocycles. The van der Waals surface area contributed by atoms with Crippen molar-refractivity contribution in [2.45, 2.75) is 72.1 Å². The molecule has 0 amide bonds. The average Bonchev–Trinajstić information content (AvgIpc) is 2.52. The molecule has 2 rings (SSSR count). The van der Waals surface area contributed by atoms with Crippen LogP contribution < -0.4 is 0 Å². The molecule has 2 aromatic rings. The van der Waals surface area contributed by atoms with Crippen molar-refractivity contribution in [3.05, 3.63) is 71.3 Å². The van der Waals surface area contributed by atoms with Gasteiger partial charge in [0.15, 0.2) is 0 Å². The van der Waals surface area contributed by atoms with E-state index in [0.717, 1.165) is 0 Å². The van der Waals surface area contributed by atoms with Crippen LogP contribution in [0.4, 0.5) is 0 Å².